The molecule has 166 valence electrons. The van der Waals surface area contributed by atoms with Gasteiger partial charge in [-0.25, -0.2) is 0 Å². The van der Waals surface area contributed by atoms with Crippen LogP contribution in [-0.2, 0) is 14.3 Å². The van der Waals surface area contributed by atoms with Crippen LogP contribution < -0.4 is 19.5 Å². The largest absolute Gasteiger partial charge is 0.493 e. The number of nitrogens with zero attached hydrogens (tertiary/aromatic N) is 1. The number of carbonyl (C=O) groups is 2. The molecule has 0 spiro atoms. The molecule has 1 aliphatic heterocycles. The van der Waals surface area contributed by atoms with Crippen molar-refractivity contribution < 1.29 is 28.5 Å². The summed E-state index contributed by atoms with van der Waals surface area (Å²) in [7, 11) is 6.03. The molecule has 2 fully saturated rings. The Morgan fingerprint density at radius 3 is 2.30 bits per heavy atom. The van der Waals surface area contributed by atoms with E-state index < -0.39 is 0 Å². The molecular formula is C22H32N2O6. The van der Waals surface area contributed by atoms with Crippen molar-refractivity contribution in [1.82, 2.24) is 4.90 Å². The van der Waals surface area contributed by atoms with Crippen LogP contribution in [0.25, 0.3) is 0 Å². The number of hydrogen-bond donors (Lipinski definition) is 1. The molecule has 3 unspecified atom stereocenters. The monoisotopic (exact) mass is 420 g/mol. The number of ether oxygens (including phenoxy) is 4. The second-order valence-electron chi connectivity index (χ2n) is 7.84. The summed E-state index contributed by atoms with van der Waals surface area (Å²) < 4.78 is 21.0. The van der Waals surface area contributed by atoms with Crippen molar-refractivity contribution in [3.05, 3.63) is 12.1 Å². The van der Waals surface area contributed by atoms with Gasteiger partial charge in [-0.2, -0.15) is 0 Å². The molecule has 1 aromatic rings. The molecule has 1 heterocycles. The minimum absolute atomic E-state index is 0.132. The van der Waals surface area contributed by atoms with E-state index in [1.165, 1.54) is 41.3 Å². The normalized spacial score (nSPS) is 23.4. The number of carbonyl (C=O) groups excluding carboxylic acids is 2. The number of amides is 1. The molecule has 1 N–H and O–H groups in total. The van der Waals surface area contributed by atoms with Crippen molar-refractivity contribution in [2.75, 3.05) is 40.3 Å². The Morgan fingerprint density at radius 1 is 1.03 bits per heavy atom. The number of esters is 1. The summed E-state index contributed by atoms with van der Waals surface area (Å²) in [6.45, 7) is 0.525. The van der Waals surface area contributed by atoms with Crippen LogP contribution in [0.1, 0.15) is 38.5 Å². The number of nitrogens with one attached hydrogen (secondary N) is 1. The number of anilines is 1. The van der Waals surface area contributed by atoms with E-state index in [0.717, 1.165) is 19.3 Å². The molecule has 1 aromatic carbocycles. The molecule has 1 saturated heterocycles. The van der Waals surface area contributed by atoms with Gasteiger partial charge in [0.25, 0.3) is 0 Å². The fraction of sp³-hybridized carbons (Fsp3) is 0.636. The van der Waals surface area contributed by atoms with Crippen molar-refractivity contribution in [3.8, 4) is 17.2 Å². The second-order valence-corrected chi connectivity index (χ2v) is 7.84. The fourth-order valence-corrected chi connectivity index (χ4v) is 4.85. The smallest absolute Gasteiger partial charge is 0.323 e. The van der Waals surface area contributed by atoms with Gasteiger partial charge < -0.3 is 24.3 Å². The third kappa shape index (κ3) is 4.64. The van der Waals surface area contributed by atoms with E-state index in [0.29, 0.717) is 41.4 Å². The molecule has 30 heavy (non-hydrogen) atoms. The highest BCUT2D eigenvalue weighted by Gasteiger charge is 2.45. The molecule has 1 saturated carbocycles. The van der Waals surface area contributed by atoms with Crippen molar-refractivity contribution in [2.45, 2.75) is 50.6 Å². The highest BCUT2D eigenvalue weighted by atomic mass is 16.5. The van der Waals surface area contributed by atoms with Crippen molar-refractivity contribution in [3.63, 3.8) is 0 Å². The lowest BCUT2D eigenvalue weighted by molar-refractivity contribution is -0.146. The van der Waals surface area contributed by atoms with E-state index >= 15 is 0 Å². The summed E-state index contributed by atoms with van der Waals surface area (Å²) in [5.41, 5.74) is 0.566. The van der Waals surface area contributed by atoms with Gasteiger partial charge in [0.1, 0.15) is 6.04 Å². The lowest BCUT2D eigenvalue weighted by Gasteiger charge is -2.33. The Labute approximate surface area is 177 Å². The van der Waals surface area contributed by atoms with Crippen LogP contribution in [0.3, 0.4) is 0 Å². The first-order valence-electron chi connectivity index (χ1n) is 10.5. The maximum Gasteiger partial charge on any atom is 0.323 e. The summed E-state index contributed by atoms with van der Waals surface area (Å²) in [5.74, 6) is 1.60. The Hall–Kier alpha value is -2.48. The maximum atomic E-state index is 12.7. The highest BCUT2D eigenvalue weighted by molar-refractivity contribution is 5.91. The number of likely N-dealkylation sites (tertiary alicyclic amines) is 1. The van der Waals surface area contributed by atoms with Gasteiger partial charge in [0.15, 0.2) is 11.5 Å². The van der Waals surface area contributed by atoms with E-state index in [2.05, 4.69) is 10.2 Å². The van der Waals surface area contributed by atoms with Crippen LogP contribution in [0.5, 0.6) is 17.2 Å². The van der Waals surface area contributed by atoms with Gasteiger partial charge in [0, 0.05) is 36.8 Å². The lowest BCUT2D eigenvalue weighted by atomic mass is 9.85. The minimum atomic E-state index is -0.253. The Balaban J connectivity index is 1.66. The third-order valence-corrected chi connectivity index (χ3v) is 6.24. The summed E-state index contributed by atoms with van der Waals surface area (Å²) in [4.78, 5) is 27.1. The Bertz CT molecular complexity index is 743. The van der Waals surface area contributed by atoms with E-state index in [1.54, 1.807) is 12.1 Å². The van der Waals surface area contributed by atoms with Gasteiger partial charge in [0.05, 0.1) is 28.4 Å². The minimum Gasteiger partial charge on any atom is -0.493 e. The molecule has 1 aliphatic carbocycles. The van der Waals surface area contributed by atoms with Crippen LogP contribution in [-0.4, -0.2) is 63.8 Å². The predicted octanol–water partition coefficient (Wildman–Crippen LogP) is 2.85. The van der Waals surface area contributed by atoms with Crippen molar-refractivity contribution >= 4 is 17.6 Å². The Kier molecular flexibility index (Phi) is 7.42. The second kappa shape index (κ2) is 10.0. The number of hydrogen-bond acceptors (Lipinski definition) is 7. The van der Waals surface area contributed by atoms with Crippen LogP contribution in [0.15, 0.2) is 12.1 Å². The third-order valence-electron chi connectivity index (χ3n) is 6.24. The number of rotatable bonds is 8. The quantitative estimate of drug-likeness (QED) is 0.647. The number of benzene rings is 1. The van der Waals surface area contributed by atoms with Gasteiger partial charge in [0.2, 0.25) is 11.7 Å². The van der Waals surface area contributed by atoms with E-state index in [9.17, 15) is 9.59 Å². The summed E-state index contributed by atoms with van der Waals surface area (Å²) >= 11 is 0. The topological polar surface area (TPSA) is 86.3 Å². The molecule has 3 atom stereocenters. The molecule has 3 rings (SSSR count). The fourth-order valence-electron chi connectivity index (χ4n) is 4.85. The van der Waals surface area contributed by atoms with Crippen LogP contribution in [0, 0.1) is 5.92 Å². The standard InChI is InChI=1S/C22H32N2O6/c1-27-18-12-15(13-19(28-2)21(18)29-3)23-20(25)9-10-24-16-8-6-5-7-14(16)11-17(24)22(26)30-4/h12-14,16-17H,5-11H2,1-4H3,(H,23,25). The summed E-state index contributed by atoms with van der Waals surface area (Å²) in [5, 5.41) is 2.90. The average Bonchev–Trinajstić information content (AvgIpc) is 3.14. The SMILES string of the molecule is COC(=O)C1CC2CCCCC2N1CCC(=O)Nc1cc(OC)c(OC)c(OC)c1. The van der Waals surface area contributed by atoms with E-state index in [-0.39, 0.29) is 24.3 Å². The van der Waals surface area contributed by atoms with Gasteiger partial charge in [-0.15, -0.1) is 0 Å². The molecule has 8 nitrogen and oxygen atoms in total. The van der Waals surface area contributed by atoms with Gasteiger partial charge in [-0.1, -0.05) is 12.8 Å². The molecule has 1 amide bonds. The van der Waals surface area contributed by atoms with Gasteiger partial charge in [-0.3, -0.25) is 14.5 Å². The van der Waals surface area contributed by atoms with Crippen LogP contribution >= 0.6 is 0 Å². The number of methoxy groups -OCH3 is 4. The molecule has 0 aromatic heterocycles. The maximum absolute atomic E-state index is 12.7. The highest BCUT2D eigenvalue weighted by Crippen LogP contribution is 2.41. The number of fused-ring (bicyclic) bond motifs is 1. The van der Waals surface area contributed by atoms with E-state index in [4.69, 9.17) is 18.9 Å². The zero-order valence-electron chi connectivity index (χ0n) is 18.2. The first kappa shape index (κ1) is 22.2. The summed E-state index contributed by atoms with van der Waals surface area (Å²) in [6, 6.07) is 3.50. The first-order chi connectivity index (χ1) is 14.5. The predicted molar refractivity (Wildman–Crippen MR) is 112 cm³/mol. The zero-order chi connectivity index (χ0) is 21.7. The van der Waals surface area contributed by atoms with E-state index in [1.807, 2.05) is 0 Å². The first-order valence-corrected chi connectivity index (χ1v) is 10.5. The molecule has 0 radical (unpaired) electrons. The molecule has 0 bridgehead atoms. The molecule has 8 heteroatoms. The Morgan fingerprint density at radius 2 is 1.70 bits per heavy atom. The van der Waals surface area contributed by atoms with Gasteiger partial charge in [-0.05, 0) is 25.2 Å². The zero-order valence-corrected chi connectivity index (χ0v) is 18.2. The van der Waals surface area contributed by atoms with Crippen LogP contribution in [0.4, 0.5) is 5.69 Å². The lowest BCUT2D eigenvalue weighted by Crippen LogP contribution is -2.44. The van der Waals surface area contributed by atoms with Crippen LogP contribution in [0.2, 0.25) is 0 Å². The summed E-state index contributed by atoms with van der Waals surface area (Å²) in [6.07, 6.45) is 5.71. The molecular weight excluding hydrogens is 388 g/mol. The average molecular weight is 421 g/mol. The molecule has 2 aliphatic rings. The van der Waals surface area contributed by atoms with Gasteiger partial charge >= 0.3 is 5.97 Å². The van der Waals surface area contributed by atoms with Crippen molar-refractivity contribution in [2.24, 2.45) is 5.92 Å². The van der Waals surface area contributed by atoms with Crippen molar-refractivity contribution in [1.29, 1.82) is 0 Å².